The molecule has 2 heterocycles. The Balaban J connectivity index is 1.70. The number of benzene rings is 1. The van der Waals surface area contributed by atoms with Gasteiger partial charge < -0.3 is 9.84 Å². The lowest BCUT2D eigenvalue weighted by atomic mass is 10.2. The molecule has 0 radical (unpaired) electrons. The van der Waals surface area contributed by atoms with Gasteiger partial charge in [-0.3, -0.25) is 4.90 Å². The van der Waals surface area contributed by atoms with Crippen molar-refractivity contribution in [2.24, 2.45) is 0 Å². The van der Waals surface area contributed by atoms with Gasteiger partial charge in [0.05, 0.1) is 41.4 Å². The van der Waals surface area contributed by atoms with Crippen molar-refractivity contribution >= 4 is 34.2 Å². The molecule has 0 aliphatic carbocycles. The van der Waals surface area contributed by atoms with Crippen LogP contribution in [0.4, 0.5) is 0 Å². The van der Waals surface area contributed by atoms with E-state index in [0.29, 0.717) is 41.9 Å². The Hall–Kier alpha value is -0.920. The van der Waals surface area contributed by atoms with Crippen molar-refractivity contribution in [3.63, 3.8) is 0 Å². The van der Waals surface area contributed by atoms with Crippen LogP contribution in [0.5, 0.6) is 0 Å². The van der Waals surface area contributed by atoms with E-state index in [1.165, 1.54) is 0 Å². The Bertz CT molecular complexity index is 628. The summed E-state index contributed by atoms with van der Waals surface area (Å²) in [5.41, 5.74) is 1.44. The minimum Gasteiger partial charge on any atom is -0.390 e. The highest BCUT2D eigenvalue weighted by Gasteiger charge is 2.17. The topological polar surface area (TPSA) is 63.4 Å². The van der Waals surface area contributed by atoms with Crippen LogP contribution >= 0.6 is 23.2 Å². The molecular weight excluding hydrogens is 315 g/mol. The molecule has 0 bridgehead atoms. The molecule has 1 aromatic carbocycles. The van der Waals surface area contributed by atoms with Gasteiger partial charge in [-0.1, -0.05) is 28.4 Å². The Labute approximate surface area is 132 Å². The third-order valence-electron chi connectivity index (χ3n) is 3.51. The van der Waals surface area contributed by atoms with E-state index in [2.05, 4.69) is 15.2 Å². The van der Waals surface area contributed by atoms with Crippen LogP contribution < -0.4 is 0 Å². The zero-order valence-electron chi connectivity index (χ0n) is 11.4. The summed E-state index contributed by atoms with van der Waals surface area (Å²) < 4.78 is 6.95. The molecule has 21 heavy (non-hydrogen) atoms. The Morgan fingerprint density at radius 1 is 1.19 bits per heavy atom. The van der Waals surface area contributed by atoms with Gasteiger partial charge in [-0.25, -0.2) is 4.68 Å². The lowest BCUT2D eigenvalue weighted by Gasteiger charge is -2.28. The fourth-order valence-corrected chi connectivity index (χ4v) is 2.75. The number of ether oxygens (including phenoxy) is 1. The molecule has 0 amide bonds. The number of aliphatic hydroxyl groups is 1. The second-order valence-corrected chi connectivity index (χ2v) is 5.91. The average Bonchev–Trinajstić information content (AvgIpc) is 2.83. The Morgan fingerprint density at radius 2 is 1.90 bits per heavy atom. The first-order chi connectivity index (χ1) is 10.1. The molecule has 3 rings (SSSR count). The number of aliphatic hydroxyl groups excluding tert-OH is 1. The van der Waals surface area contributed by atoms with Crippen molar-refractivity contribution in [3.8, 4) is 0 Å². The largest absolute Gasteiger partial charge is 0.390 e. The van der Waals surface area contributed by atoms with E-state index in [9.17, 15) is 5.11 Å². The third-order valence-corrected chi connectivity index (χ3v) is 4.23. The quantitative estimate of drug-likeness (QED) is 0.918. The Kier molecular flexibility index (Phi) is 4.61. The Morgan fingerprint density at radius 3 is 2.67 bits per heavy atom. The predicted octanol–water partition coefficient (Wildman–Crippen LogP) is 1.43. The van der Waals surface area contributed by atoms with Crippen molar-refractivity contribution in [2.45, 2.75) is 12.6 Å². The van der Waals surface area contributed by atoms with Crippen LogP contribution in [-0.4, -0.2) is 64.0 Å². The summed E-state index contributed by atoms with van der Waals surface area (Å²) in [6.07, 6.45) is -0.526. The first-order valence-corrected chi connectivity index (χ1v) is 7.55. The fraction of sp³-hybridized carbons (Fsp3) is 0.538. The molecule has 1 atom stereocenters. The normalized spacial score (nSPS) is 18.2. The summed E-state index contributed by atoms with van der Waals surface area (Å²) in [5, 5.41) is 19.2. The standard InChI is InChI=1S/C13H16Cl2N4O2/c14-10-5-12-13(6-11(10)15)19(17-16-12)8-9(20)7-18-1-3-21-4-2-18/h5-6,9,20H,1-4,7-8H2/t9-/m1/s1. The zero-order chi connectivity index (χ0) is 14.8. The second-order valence-electron chi connectivity index (χ2n) is 5.09. The molecule has 0 unspecified atom stereocenters. The van der Waals surface area contributed by atoms with Gasteiger partial charge in [-0.2, -0.15) is 0 Å². The number of morpholine rings is 1. The lowest BCUT2D eigenvalue weighted by Crippen LogP contribution is -2.42. The van der Waals surface area contributed by atoms with Gasteiger partial charge in [0.25, 0.3) is 0 Å². The van der Waals surface area contributed by atoms with E-state index < -0.39 is 6.10 Å². The van der Waals surface area contributed by atoms with Crippen molar-refractivity contribution < 1.29 is 9.84 Å². The maximum atomic E-state index is 10.2. The predicted molar refractivity (Wildman–Crippen MR) is 80.8 cm³/mol. The van der Waals surface area contributed by atoms with E-state index in [4.69, 9.17) is 27.9 Å². The van der Waals surface area contributed by atoms with Crippen molar-refractivity contribution in [1.29, 1.82) is 0 Å². The molecule has 8 heteroatoms. The van der Waals surface area contributed by atoms with Crippen LogP contribution in [0.15, 0.2) is 12.1 Å². The molecule has 1 saturated heterocycles. The molecule has 2 aromatic rings. The summed E-state index contributed by atoms with van der Waals surface area (Å²) in [7, 11) is 0. The number of nitrogens with zero attached hydrogens (tertiary/aromatic N) is 4. The number of halogens is 2. The molecule has 1 N–H and O–H groups in total. The first-order valence-electron chi connectivity index (χ1n) is 6.80. The maximum absolute atomic E-state index is 10.2. The van der Waals surface area contributed by atoms with Crippen LogP contribution in [0, 0.1) is 0 Å². The van der Waals surface area contributed by atoms with Gasteiger partial charge in [0.15, 0.2) is 0 Å². The monoisotopic (exact) mass is 330 g/mol. The lowest BCUT2D eigenvalue weighted by molar-refractivity contribution is 0.0110. The number of aromatic nitrogens is 3. The number of rotatable bonds is 4. The molecule has 0 saturated carbocycles. The van der Waals surface area contributed by atoms with Gasteiger partial charge in [-0.15, -0.1) is 5.10 Å². The van der Waals surface area contributed by atoms with Gasteiger partial charge in [0.1, 0.15) is 5.52 Å². The molecule has 1 aliphatic rings. The summed E-state index contributed by atoms with van der Waals surface area (Å²) >= 11 is 12.0. The molecule has 1 aromatic heterocycles. The molecular formula is C13H16Cl2N4O2. The van der Waals surface area contributed by atoms with Crippen molar-refractivity contribution in [1.82, 2.24) is 19.9 Å². The van der Waals surface area contributed by atoms with Gasteiger partial charge in [0, 0.05) is 19.6 Å². The van der Waals surface area contributed by atoms with Crippen LogP contribution in [0.1, 0.15) is 0 Å². The first kappa shape index (κ1) is 15.0. The van der Waals surface area contributed by atoms with E-state index in [1.54, 1.807) is 16.8 Å². The number of hydrogen-bond donors (Lipinski definition) is 1. The van der Waals surface area contributed by atoms with Crippen molar-refractivity contribution in [3.05, 3.63) is 22.2 Å². The van der Waals surface area contributed by atoms with Crippen LogP contribution in [0.25, 0.3) is 11.0 Å². The fourth-order valence-electron chi connectivity index (χ4n) is 2.44. The zero-order valence-corrected chi connectivity index (χ0v) is 12.9. The summed E-state index contributed by atoms with van der Waals surface area (Å²) in [4.78, 5) is 2.18. The number of fused-ring (bicyclic) bond motifs is 1. The highest BCUT2D eigenvalue weighted by molar-refractivity contribution is 6.42. The minimum absolute atomic E-state index is 0.367. The second kappa shape index (κ2) is 6.46. The van der Waals surface area contributed by atoms with E-state index in [0.717, 1.165) is 18.6 Å². The van der Waals surface area contributed by atoms with Gasteiger partial charge in [0.2, 0.25) is 0 Å². The van der Waals surface area contributed by atoms with Gasteiger partial charge in [-0.05, 0) is 12.1 Å². The van der Waals surface area contributed by atoms with Crippen LogP contribution in [0.2, 0.25) is 10.0 Å². The summed E-state index contributed by atoms with van der Waals surface area (Å²) in [5.74, 6) is 0. The van der Waals surface area contributed by atoms with Crippen LogP contribution in [0.3, 0.4) is 0 Å². The molecule has 1 fully saturated rings. The maximum Gasteiger partial charge on any atom is 0.114 e. The van der Waals surface area contributed by atoms with Gasteiger partial charge >= 0.3 is 0 Å². The smallest absolute Gasteiger partial charge is 0.114 e. The molecule has 114 valence electrons. The highest BCUT2D eigenvalue weighted by Crippen LogP contribution is 2.26. The van der Waals surface area contributed by atoms with E-state index >= 15 is 0 Å². The van der Waals surface area contributed by atoms with E-state index in [-0.39, 0.29) is 0 Å². The average molecular weight is 331 g/mol. The SMILES string of the molecule is O[C@H](CN1CCOCC1)Cn1nnc2cc(Cl)c(Cl)cc21. The summed E-state index contributed by atoms with van der Waals surface area (Å²) in [6.45, 7) is 4.07. The minimum atomic E-state index is -0.526. The molecule has 1 aliphatic heterocycles. The summed E-state index contributed by atoms with van der Waals surface area (Å²) in [6, 6.07) is 3.40. The van der Waals surface area contributed by atoms with Crippen LogP contribution in [-0.2, 0) is 11.3 Å². The molecule has 6 nitrogen and oxygen atoms in total. The number of β-amino-alcohol motifs (C(OH)–C–C–N with tert-alkyl or cyclic N) is 1. The highest BCUT2D eigenvalue weighted by atomic mass is 35.5. The van der Waals surface area contributed by atoms with Crippen molar-refractivity contribution in [2.75, 3.05) is 32.8 Å². The number of hydrogen-bond acceptors (Lipinski definition) is 5. The van der Waals surface area contributed by atoms with E-state index in [1.807, 2.05) is 0 Å². The molecule has 0 spiro atoms. The third kappa shape index (κ3) is 3.46.